The Balaban J connectivity index is 1.84. The van der Waals surface area contributed by atoms with Crippen LogP contribution < -0.4 is 10.6 Å². The van der Waals surface area contributed by atoms with Crippen molar-refractivity contribution >= 4 is 5.91 Å². The number of nitrogens with one attached hydrogen (secondary N) is 2. The van der Waals surface area contributed by atoms with Gasteiger partial charge in [-0.2, -0.15) is 0 Å². The number of amides is 1. The third-order valence-corrected chi connectivity index (χ3v) is 4.16. The van der Waals surface area contributed by atoms with Crippen LogP contribution in [0.1, 0.15) is 30.9 Å². The van der Waals surface area contributed by atoms with Crippen LogP contribution in [0, 0.1) is 5.92 Å². The number of hydrogen-bond donors (Lipinski definition) is 2. The van der Waals surface area contributed by atoms with Crippen molar-refractivity contribution < 1.29 is 4.79 Å². The standard InChI is InChI=1S/C17H27N3O/c1-3-20(2)13-15-6-4-5-14(11-15)12-19-17(21)16-7-9-18-10-8-16/h4-6,11,16,18H,3,7-10,12-13H2,1-2H3,(H,19,21). The van der Waals surface area contributed by atoms with E-state index in [1.165, 1.54) is 11.1 Å². The van der Waals surface area contributed by atoms with Crippen molar-refractivity contribution in [1.29, 1.82) is 0 Å². The smallest absolute Gasteiger partial charge is 0.223 e. The molecule has 1 amide bonds. The van der Waals surface area contributed by atoms with Crippen molar-refractivity contribution in [3.8, 4) is 0 Å². The predicted molar refractivity (Wildman–Crippen MR) is 85.9 cm³/mol. The molecule has 0 unspecified atom stereocenters. The molecule has 0 saturated carbocycles. The van der Waals surface area contributed by atoms with Crippen molar-refractivity contribution in [2.75, 3.05) is 26.7 Å². The molecule has 1 aromatic rings. The summed E-state index contributed by atoms with van der Waals surface area (Å²) in [6, 6.07) is 8.49. The Hall–Kier alpha value is -1.39. The molecule has 0 spiro atoms. The van der Waals surface area contributed by atoms with Gasteiger partial charge >= 0.3 is 0 Å². The van der Waals surface area contributed by atoms with Gasteiger partial charge in [0.15, 0.2) is 0 Å². The number of hydrogen-bond acceptors (Lipinski definition) is 3. The Morgan fingerprint density at radius 2 is 2.05 bits per heavy atom. The molecule has 0 radical (unpaired) electrons. The van der Waals surface area contributed by atoms with Gasteiger partial charge in [-0.3, -0.25) is 4.79 Å². The molecule has 0 atom stereocenters. The van der Waals surface area contributed by atoms with Gasteiger partial charge in [-0.15, -0.1) is 0 Å². The van der Waals surface area contributed by atoms with Gasteiger partial charge in [-0.25, -0.2) is 0 Å². The van der Waals surface area contributed by atoms with E-state index in [1.54, 1.807) is 0 Å². The normalized spacial score (nSPS) is 16.1. The van der Waals surface area contributed by atoms with Gasteiger partial charge in [0, 0.05) is 19.0 Å². The second-order valence-electron chi connectivity index (χ2n) is 5.89. The number of rotatable bonds is 6. The Morgan fingerprint density at radius 3 is 2.76 bits per heavy atom. The molecular weight excluding hydrogens is 262 g/mol. The summed E-state index contributed by atoms with van der Waals surface area (Å²) in [4.78, 5) is 14.4. The fourth-order valence-electron chi connectivity index (χ4n) is 2.68. The summed E-state index contributed by atoms with van der Waals surface area (Å²) in [5.74, 6) is 0.383. The summed E-state index contributed by atoms with van der Waals surface area (Å²) in [6.45, 7) is 6.69. The Labute approximate surface area is 127 Å². The van der Waals surface area contributed by atoms with Gasteiger partial charge in [0.05, 0.1) is 0 Å². The molecule has 1 fully saturated rings. The summed E-state index contributed by atoms with van der Waals surface area (Å²) in [6.07, 6.45) is 1.90. The molecule has 4 nitrogen and oxygen atoms in total. The fourth-order valence-corrected chi connectivity index (χ4v) is 2.68. The van der Waals surface area contributed by atoms with E-state index >= 15 is 0 Å². The molecule has 0 aliphatic carbocycles. The van der Waals surface area contributed by atoms with Gasteiger partial charge in [0.2, 0.25) is 5.91 Å². The van der Waals surface area contributed by atoms with Gasteiger partial charge in [0.25, 0.3) is 0 Å². The van der Waals surface area contributed by atoms with Crippen LogP contribution in [0.4, 0.5) is 0 Å². The van der Waals surface area contributed by atoms with Gasteiger partial charge in [0.1, 0.15) is 0 Å². The van der Waals surface area contributed by atoms with E-state index in [-0.39, 0.29) is 11.8 Å². The highest BCUT2D eigenvalue weighted by molar-refractivity contribution is 5.78. The molecule has 2 rings (SSSR count). The quantitative estimate of drug-likeness (QED) is 0.838. The van der Waals surface area contributed by atoms with Crippen molar-refractivity contribution in [2.24, 2.45) is 5.92 Å². The molecule has 1 aromatic carbocycles. The Bertz CT molecular complexity index is 455. The summed E-state index contributed by atoms with van der Waals surface area (Å²) in [7, 11) is 2.12. The van der Waals surface area contributed by atoms with Gasteiger partial charge < -0.3 is 15.5 Å². The number of piperidine rings is 1. The topological polar surface area (TPSA) is 44.4 Å². The molecule has 2 N–H and O–H groups in total. The van der Waals surface area contributed by atoms with Crippen LogP contribution in [0.3, 0.4) is 0 Å². The largest absolute Gasteiger partial charge is 0.352 e. The number of carbonyl (C=O) groups excluding carboxylic acids is 1. The van der Waals surface area contributed by atoms with Crippen LogP contribution in [0.2, 0.25) is 0 Å². The molecule has 1 heterocycles. The maximum absolute atomic E-state index is 12.1. The summed E-state index contributed by atoms with van der Waals surface area (Å²) in [5.41, 5.74) is 2.48. The molecular formula is C17H27N3O. The van der Waals surface area contributed by atoms with Gasteiger partial charge in [-0.05, 0) is 50.7 Å². The van der Waals surface area contributed by atoms with Crippen molar-refractivity contribution in [3.63, 3.8) is 0 Å². The van der Waals surface area contributed by atoms with Crippen LogP contribution in [0.5, 0.6) is 0 Å². The molecule has 1 aliphatic rings. The van der Waals surface area contributed by atoms with E-state index in [0.717, 1.165) is 39.0 Å². The molecule has 0 bridgehead atoms. The molecule has 4 heteroatoms. The minimum absolute atomic E-state index is 0.181. The first-order chi connectivity index (χ1) is 10.2. The fraction of sp³-hybridized carbons (Fsp3) is 0.588. The zero-order chi connectivity index (χ0) is 15.1. The monoisotopic (exact) mass is 289 g/mol. The van der Waals surface area contributed by atoms with E-state index in [1.807, 2.05) is 0 Å². The lowest BCUT2D eigenvalue weighted by atomic mass is 9.97. The lowest BCUT2D eigenvalue weighted by molar-refractivity contribution is -0.125. The maximum Gasteiger partial charge on any atom is 0.223 e. The van der Waals surface area contributed by atoms with Gasteiger partial charge in [-0.1, -0.05) is 31.2 Å². The number of benzene rings is 1. The van der Waals surface area contributed by atoms with Crippen LogP contribution >= 0.6 is 0 Å². The third-order valence-electron chi connectivity index (χ3n) is 4.16. The SMILES string of the molecule is CCN(C)Cc1cccc(CNC(=O)C2CCNCC2)c1. The number of nitrogens with zero attached hydrogens (tertiary/aromatic N) is 1. The summed E-state index contributed by atoms with van der Waals surface area (Å²) < 4.78 is 0. The first-order valence-corrected chi connectivity index (χ1v) is 7.94. The molecule has 21 heavy (non-hydrogen) atoms. The highest BCUT2D eigenvalue weighted by Gasteiger charge is 2.20. The van der Waals surface area contributed by atoms with E-state index in [4.69, 9.17) is 0 Å². The van der Waals surface area contributed by atoms with Crippen LogP contribution in [0.15, 0.2) is 24.3 Å². The Kier molecular flexibility index (Phi) is 6.21. The zero-order valence-electron chi connectivity index (χ0n) is 13.2. The third kappa shape index (κ3) is 5.14. The second-order valence-corrected chi connectivity index (χ2v) is 5.89. The van der Waals surface area contributed by atoms with E-state index in [9.17, 15) is 4.79 Å². The van der Waals surface area contributed by atoms with Crippen LogP contribution in [-0.2, 0) is 17.9 Å². The van der Waals surface area contributed by atoms with Crippen molar-refractivity contribution in [1.82, 2.24) is 15.5 Å². The van der Waals surface area contributed by atoms with Crippen LogP contribution in [0.25, 0.3) is 0 Å². The van der Waals surface area contributed by atoms with E-state index in [0.29, 0.717) is 6.54 Å². The second kappa shape index (κ2) is 8.15. The summed E-state index contributed by atoms with van der Waals surface area (Å²) >= 11 is 0. The highest BCUT2D eigenvalue weighted by Crippen LogP contribution is 2.12. The summed E-state index contributed by atoms with van der Waals surface area (Å²) in [5, 5.41) is 6.37. The Morgan fingerprint density at radius 1 is 1.33 bits per heavy atom. The van der Waals surface area contributed by atoms with E-state index in [2.05, 4.69) is 53.8 Å². The molecule has 0 aromatic heterocycles. The average Bonchev–Trinajstić information content (AvgIpc) is 2.53. The van der Waals surface area contributed by atoms with E-state index < -0.39 is 0 Å². The minimum atomic E-state index is 0.181. The van der Waals surface area contributed by atoms with Crippen molar-refractivity contribution in [3.05, 3.63) is 35.4 Å². The zero-order valence-corrected chi connectivity index (χ0v) is 13.2. The predicted octanol–water partition coefficient (Wildman–Crippen LogP) is 1.75. The maximum atomic E-state index is 12.1. The molecule has 1 aliphatic heterocycles. The molecule has 1 saturated heterocycles. The van der Waals surface area contributed by atoms with Crippen LogP contribution in [-0.4, -0.2) is 37.5 Å². The lowest BCUT2D eigenvalue weighted by Crippen LogP contribution is -2.37. The van der Waals surface area contributed by atoms with Crippen molar-refractivity contribution in [2.45, 2.75) is 32.9 Å². The highest BCUT2D eigenvalue weighted by atomic mass is 16.1. The average molecular weight is 289 g/mol. The number of carbonyl (C=O) groups is 1. The molecule has 116 valence electrons. The first kappa shape index (κ1) is 16.0. The lowest BCUT2D eigenvalue weighted by Gasteiger charge is -2.21. The minimum Gasteiger partial charge on any atom is -0.352 e. The first-order valence-electron chi connectivity index (χ1n) is 7.94.